The molecule has 1 rings (SSSR count). The smallest absolute Gasteiger partial charge is 0.225 e. The van der Waals surface area contributed by atoms with Crippen molar-refractivity contribution in [2.24, 2.45) is 22.7 Å². The molecule has 1 heterocycles. The van der Waals surface area contributed by atoms with Crippen LogP contribution >= 0.6 is 0 Å². The number of amidine groups is 1. The second kappa shape index (κ2) is 6.75. The number of piperazine rings is 1. The number of nitrogens with zero attached hydrogens (tertiary/aromatic N) is 3. The SMILES string of the molecule is CC(C)C(C)C(=O)N1CCN(C(C)C(N)=NO)CC1. The van der Waals surface area contributed by atoms with Gasteiger partial charge in [0.2, 0.25) is 5.91 Å². The van der Waals surface area contributed by atoms with Gasteiger partial charge in [-0.1, -0.05) is 25.9 Å². The first-order chi connectivity index (χ1) is 8.88. The molecule has 3 N–H and O–H groups in total. The van der Waals surface area contributed by atoms with E-state index in [4.69, 9.17) is 10.9 Å². The first kappa shape index (κ1) is 15.8. The maximum absolute atomic E-state index is 12.2. The van der Waals surface area contributed by atoms with Gasteiger partial charge in [-0.05, 0) is 12.8 Å². The first-order valence-corrected chi connectivity index (χ1v) is 6.88. The number of oxime groups is 1. The highest BCUT2D eigenvalue weighted by Gasteiger charge is 2.28. The van der Waals surface area contributed by atoms with E-state index in [0.717, 1.165) is 13.1 Å². The van der Waals surface area contributed by atoms with Gasteiger partial charge in [-0.3, -0.25) is 9.69 Å². The molecule has 0 spiro atoms. The van der Waals surface area contributed by atoms with Crippen LogP contribution in [0.1, 0.15) is 27.7 Å². The lowest BCUT2D eigenvalue weighted by atomic mass is 9.96. The molecule has 19 heavy (non-hydrogen) atoms. The number of carbonyl (C=O) groups is 1. The zero-order chi connectivity index (χ0) is 14.6. The number of hydrogen-bond donors (Lipinski definition) is 2. The molecule has 0 radical (unpaired) electrons. The molecular formula is C13H26N4O2. The van der Waals surface area contributed by atoms with E-state index in [-0.39, 0.29) is 23.7 Å². The highest BCUT2D eigenvalue weighted by Crippen LogP contribution is 2.15. The Bertz CT molecular complexity index is 336. The zero-order valence-electron chi connectivity index (χ0n) is 12.3. The van der Waals surface area contributed by atoms with E-state index in [2.05, 4.69) is 23.9 Å². The minimum absolute atomic E-state index is 0.0630. The van der Waals surface area contributed by atoms with Gasteiger partial charge in [0, 0.05) is 32.1 Å². The standard InChI is InChI=1S/C13H26N4O2/c1-9(2)10(3)13(18)17-7-5-16(6-8-17)11(4)12(14)15-19/h9-11,19H,5-8H2,1-4H3,(H2,14,15). The number of rotatable bonds is 4. The topological polar surface area (TPSA) is 82.2 Å². The fourth-order valence-corrected chi connectivity index (χ4v) is 2.17. The summed E-state index contributed by atoms with van der Waals surface area (Å²) in [7, 11) is 0. The van der Waals surface area contributed by atoms with Gasteiger partial charge >= 0.3 is 0 Å². The average molecular weight is 270 g/mol. The van der Waals surface area contributed by atoms with Crippen LogP contribution in [0.3, 0.4) is 0 Å². The quantitative estimate of drug-likeness (QED) is 0.338. The van der Waals surface area contributed by atoms with Crippen LogP contribution < -0.4 is 5.73 Å². The molecule has 1 amide bonds. The Kier molecular flexibility index (Phi) is 5.60. The van der Waals surface area contributed by atoms with Crippen LogP contribution in [0.5, 0.6) is 0 Å². The van der Waals surface area contributed by atoms with Crippen molar-refractivity contribution >= 4 is 11.7 Å². The predicted octanol–water partition coefficient (Wildman–Crippen LogP) is 0.558. The van der Waals surface area contributed by atoms with Crippen molar-refractivity contribution in [1.29, 1.82) is 0 Å². The first-order valence-electron chi connectivity index (χ1n) is 6.88. The summed E-state index contributed by atoms with van der Waals surface area (Å²) in [6, 6.07) is -0.0928. The highest BCUT2D eigenvalue weighted by molar-refractivity contribution is 5.84. The van der Waals surface area contributed by atoms with Gasteiger partial charge in [-0.25, -0.2) is 0 Å². The molecule has 1 aliphatic rings. The normalized spacial score (nSPS) is 21.5. The van der Waals surface area contributed by atoms with Crippen molar-refractivity contribution in [1.82, 2.24) is 9.80 Å². The average Bonchev–Trinajstić information content (AvgIpc) is 2.44. The van der Waals surface area contributed by atoms with Gasteiger partial charge in [0.15, 0.2) is 5.84 Å². The Morgan fingerprint density at radius 2 is 1.68 bits per heavy atom. The molecule has 1 fully saturated rings. The maximum atomic E-state index is 12.2. The largest absolute Gasteiger partial charge is 0.409 e. The monoisotopic (exact) mass is 270 g/mol. The number of hydrogen-bond acceptors (Lipinski definition) is 4. The molecule has 2 atom stereocenters. The lowest BCUT2D eigenvalue weighted by Crippen LogP contribution is -2.55. The van der Waals surface area contributed by atoms with Crippen molar-refractivity contribution in [3.05, 3.63) is 0 Å². The van der Waals surface area contributed by atoms with E-state index in [1.54, 1.807) is 0 Å². The van der Waals surface area contributed by atoms with E-state index >= 15 is 0 Å². The van der Waals surface area contributed by atoms with E-state index in [0.29, 0.717) is 19.0 Å². The third-order valence-electron chi connectivity index (χ3n) is 4.11. The third kappa shape index (κ3) is 3.83. The summed E-state index contributed by atoms with van der Waals surface area (Å²) < 4.78 is 0. The third-order valence-corrected chi connectivity index (χ3v) is 4.11. The van der Waals surface area contributed by atoms with Gasteiger partial charge in [-0.2, -0.15) is 0 Å². The van der Waals surface area contributed by atoms with Crippen LogP contribution in [-0.2, 0) is 4.79 Å². The summed E-state index contributed by atoms with van der Waals surface area (Å²) >= 11 is 0. The van der Waals surface area contributed by atoms with Crippen LogP contribution in [0.4, 0.5) is 0 Å². The van der Waals surface area contributed by atoms with E-state index in [9.17, 15) is 4.79 Å². The van der Waals surface area contributed by atoms with Crippen LogP contribution in [0.2, 0.25) is 0 Å². The maximum Gasteiger partial charge on any atom is 0.225 e. The summed E-state index contributed by atoms with van der Waals surface area (Å²) in [5, 5.41) is 11.7. The van der Waals surface area contributed by atoms with Crippen molar-refractivity contribution < 1.29 is 10.0 Å². The Hall–Kier alpha value is -1.30. The van der Waals surface area contributed by atoms with Crippen molar-refractivity contribution in [2.75, 3.05) is 26.2 Å². The summed E-state index contributed by atoms with van der Waals surface area (Å²) in [5.74, 6) is 0.871. The molecule has 0 saturated carbocycles. The van der Waals surface area contributed by atoms with Crippen LogP contribution in [0.25, 0.3) is 0 Å². The van der Waals surface area contributed by atoms with E-state index in [1.807, 2.05) is 18.7 Å². The second-order valence-electron chi connectivity index (χ2n) is 5.59. The van der Waals surface area contributed by atoms with Crippen LogP contribution in [0.15, 0.2) is 5.16 Å². The van der Waals surface area contributed by atoms with E-state index in [1.165, 1.54) is 0 Å². The lowest BCUT2D eigenvalue weighted by Gasteiger charge is -2.38. The van der Waals surface area contributed by atoms with Gasteiger partial charge in [0.1, 0.15) is 0 Å². The van der Waals surface area contributed by atoms with E-state index < -0.39 is 0 Å². The summed E-state index contributed by atoms with van der Waals surface area (Å²) in [5.41, 5.74) is 5.61. The number of amides is 1. The summed E-state index contributed by atoms with van der Waals surface area (Å²) in [6.45, 7) is 11.0. The second-order valence-corrected chi connectivity index (χ2v) is 5.59. The fraction of sp³-hybridized carbons (Fsp3) is 0.846. The summed E-state index contributed by atoms with van der Waals surface area (Å²) in [4.78, 5) is 16.3. The minimum atomic E-state index is -0.0928. The number of carbonyl (C=O) groups excluding carboxylic acids is 1. The molecule has 0 aliphatic carbocycles. The highest BCUT2D eigenvalue weighted by atomic mass is 16.4. The molecule has 1 saturated heterocycles. The molecule has 1 aliphatic heterocycles. The predicted molar refractivity (Wildman–Crippen MR) is 75.0 cm³/mol. The van der Waals surface area contributed by atoms with Gasteiger partial charge in [0.05, 0.1) is 6.04 Å². The van der Waals surface area contributed by atoms with Crippen molar-refractivity contribution in [3.63, 3.8) is 0 Å². The van der Waals surface area contributed by atoms with Gasteiger partial charge < -0.3 is 15.8 Å². The Morgan fingerprint density at radius 3 is 2.11 bits per heavy atom. The zero-order valence-corrected chi connectivity index (χ0v) is 12.3. The Balaban J connectivity index is 2.51. The Morgan fingerprint density at radius 1 is 1.16 bits per heavy atom. The van der Waals surface area contributed by atoms with Gasteiger partial charge in [-0.15, -0.1) is 0 Å². The lowest BCUT2D eigenvalue weighted by molar-refractivity contribution is -0.138. The molecule has 6 heteroatoms. The Labute approximate surface area is 115 Å². The molecular weight excluding hydrogens is 244 g/mol. The molecule has 6 nitrogen and oxygen atoms in total. The molecule has 0 aromatic heterocycles. The van der Waals surface area contributed by atoms with Crippen molar-refractivity contribution in [2.45, 2.75) is 33.7 Å². The number of nitrogens with two attached hydrogens (primary N) is 1. The van der Waals surface area contributed by atoms with Gasteiger partial charge in [0.25, 0.3) is 0 Å². The molecule has 0 bridgehead atoms. The summed E-state index contributed by atoms with van der Waals surface area (Å²) in [6.07, 6.45) is 0. The van der Waals surface area contributed by atoms with Crippen LogP contribution in [0, 0.1) is 11.8 Å². The van der Waals surface area contributed by atoms with Crippen molar-refractivity contribution in [3.8, 4) is 0 Å². The molecule has 0 aromatic rings. The minimum Gasteiger partial charge on any atom is -0.409 e. The van der Waals surface area contributed by atoms with Crippen LogP contribution in [-0.4, -0.2) is 59.0 Å². The molecule has 110 valence electrons. The fourth-order valence-electron chi connectivity index (χ4n) is 2.17. The molecule has 0 aromatic carbocycles. The molecule has 2 unspecified atom stereocenters.